The number of carbonyl (C=O) groups excluding carboxylic acids is 3. The smallest absolute Gasteiger partial charge is 0.310 e. The Morgan fingerprint density at radius 3 is 2.59 bits per heavy atom. The van der Waals surface area contributed by atoms with Crippen molar-refractivity contribution in [2.24, 2.45) is 17.8 Å². The first kappa shape index (κ1) is 24.8. The van der Waals surface area contributed by atoms with Gasteiger partial charge < -0.3 is 19.6 Å². The third-order valence-corrected chi connectivity index (χ3v) is 9.30. The molecule has 7 nitrogen and oxygen atoms in total. The number of carbonyl (C=O) groups is 3. The van der Waals surface area contributed by atoms with Crippen LogP contribution < -0.4 is 0 Å². The van der Waals surface area contributed by atoms with Crippen molar-refractivity contribution < 1.29 is 24.2 Å². The van der Waals surface area contributed by atoms with Gasteiger partial charge in [-0.05, 0) is 39.5 Å². The van der Waals surface area contributed by atoms with Crippen LogP contribution in [0, 0.1) is 17.8 Å². The van der Waals surface area contributed by atoms with Gasteiger partial charge in [0.25, 0.3) is 0 Å². The van der Waals surface area contributed by atoms with Crippen molar-refractivity contribution in [2.45, 2.75) is 68.7 Å². The molecule has 2 bridgehead atoms. The van der Waals surface area contributed by atoms with Crippen LogP contribution in [0.25, 0.3) is 0 Å². The van der Waals surface area contributed by atoms with Crippen molar-refractivity contribution in [2.75, 3.05) is 19.8 Å². The van der Waals surface area contributed by atoms with E-state index in [9.17, 15) is 19.5 Å². The number of nitrogens with zero attached hydrogens (tertiary/aromatic N) is 2. The second-order valence-corrected chi connectivity index (χ2v) is 11.0. The van der Waals surface area contributed by atoms with Gasteiger partial charge in [0.15, 0.2) is 0 Å². The molecular weight excluding hydrogens is 428 g/mol. The van der Waals surface area contributed by atoms with E-state index in [0.29, 0.717) is 13.0 Å². The first-order valence-electron chi connectivity index (χ1n) is 11.5. The van der Waals surface area contributed by atoms with Crippen molar-refractivity contribution in [1.82, 2.24) is 9.80 Å². The molecule has 8 heteroatoms. The third-order valence-electron chi connectivity index (χ3n) is 7.23. The molecule has 3 saturated heterocycles. The summed E-state index contributed by atoms with van der Waals surface area (Å²) in [6.07, 6.45) is 4.68. The number of amides is 2. The van der Waals surface area contributed by atoms with Gasteiger partial charge in [0.2, 0.25) is 11.8 Å². The minimum Gasteiger partial charge on any atom is -0.465 e. The number of fused-ring (bicyclic) bond motifs is 1. The largest absolute Gasteiger partial charge is 0.465 e. The SMILES string of the molecule is C=CCCOC(=O)[C@@H]1[C@@H]2CC(C)C3(S2)C(C(=O)N(CC=C)C(C)C)N([C@H](C)CO)C(=O)[C@H]13. The lowest BCUT2D eigenvalue weighted by atomic mass is 9.66. The van der Waals surface area contributed by atoms with Crippen LogP contribution in [0.1, 0.15) is 40.5 Å². The van der Waals surface area contributed by atoms with E-state index in [0.717, 1.165) is 6.42 Å². The van der Waals surface area contributed by atoms with Gasteiger partial charge in [0.05, 0.1) is 35.8 Å². The summed E-state index contributed by atoms with van der Waals surface area (Å²) in [5.41, 5.74) is 0. The molecule has 0 aromatic rings. The zero-order chi connectivity index (χ0) is 23.8. The van der Waals surface area contributed by atoms with E-state index in [1.165, 1.54) is 0 Å². The molecule has 1 spiro atoms. The number of aliphatic hydroxyl groups is 1. The molecular formula is C24H36N2O5S. The summed E-state index contributed by atoms with van der Waals surface area (Å²) in [6, 6.07) is -1.34. The van der Waals surface area contributed by atoms with Gasteiger partial charge in [-0.25, -0.2) is 0 Å². The molecule has 32 heavy (non-hydrogen) atoms. The Kier molecular flexibility index (Phi) is 7.44. The second kappa shape index (κ2) is 9.59. The van der Waals surface area contributed by atoms with E-state index in [2.05, 4.69) is 20.1 Å². The highest BCUT2D eigenvalue weighted by molar-refractivity contribution is 8.02. The number of hydrogen-bond acceptors (Lipinski definition) is 6. The van der Waals surface area contributed by atoms with Crippen LogP contribution in [0.5, 0.6) is 0 Å². The summed E-state index contributed by atoms with van der Waals surface area (Å²) < 4.78 is 4.79. The van der Waals surface area contributed by atoms with Gasteiger partial charge in [-0.1, -0.05) is 19.1 Å². The van der Waals surface area contributed by atoms with E-state index < -0.39 is 28.7 Å². The average Bonchev–Trinajstić information content (AvgIpc) is 3.34. The molecule has 3 rings (SSSR count). The molecule has 3 aliphatic rings. The normalized spacial score (nSPS) is 33.9. The molecule has 0 aliphatic carbocycles. The van der Waals surface area contributed by atoms with Crippen molar-refractivity contribution in [3.8, 4) is 0 Å². The van der Waals surface area contributed by atoms with Crippen LogP contribution in [0.4, 0.5) is 0 Å². The summed E-state index contributed by atoms with van der Waals surface area (Å²) in [4.78, 5) is 44.1. The number of aliphatic hydroxyl groups excluding tert-OH is 1. The second-order valence-electron chi connectivity index (χ2n) is 9.45. The minimum absolute atomic E-state index is 0.0519. The number of esters is 1. The first-order valence-corrected chi connectivity index (χ1v) is 12.3. The van der Waals surface area contributed by atoms with E-state index in [1.54, 1.807) is 40.6 Å². The summed E-state index contributed by atoms with van der Waals surface area (Å²) >= 11 is 1.61. The predicted molar refractivity (Wildman–Crippen MR) is 125 cm³/mol. The van der Waals surface area contributed by atoms with E-state index in [1.807, 2.05) is 13.8 Å². The van der Waals surface area contributed by atoms with Gasteiger partial charge in [0.1, 0.15) is 6.04 Å². The zero-order valence-corrected chi connectivity index (χ0v) is 20.3. The lowest BCUT2D eigenvalue weighted by molar-refractivity contribution is -0.154. The fraction of sp³-hybridized carbons (Fsp3) is 0.708. The Bertz CT molecular complexity index is 786. The Hall–Kier alpha value is -1.80. The molecule has 7 atom stereocenters. The Labute approximate surface area is 195 Å². The van der Waals surface area contributed by atoms with E-state index in [4.69, 9.17) is 4.74 Å². The van der Waals surface area contributed by atoms with Crippen LogP contribution in [0.2, 0.25) is 0 Å². The highest BCUT2D eigenvalue weighted by Gasteiger charge is 2.77. The maximum Gasteiger partial charge on any atom is 0.310 e. The summed E-state index contributed by atoms with van der Waals surface area (Å²) in [7, 11) is 0. The molecule has 1 N–H and O–H groups in total. The molecule has 3 fully saturated rings. The highest BCUT2D eigenvalue weighted by Crippen LogP contribution is 2.69. The molecule has 3 aliphatic heterocycles. The molecule has 0 aromatic carbocycles. The van der Waals surface area contributed by atoms with Crippen LogP contribution in [-0.4, -0.2) is 80.6 Å². The zero-order valence-electron chi connectivity index (χ0n) is 19.5. The summed E-state index contributed by atoms with van der Waals surface area (Å²) in [5, 5.41) is 9.88. The molecule has 3 heterocycles. The quantitative estimate of drug-likeness (QED) is 0.303. The van der Waals surface area contributed by atoms with Crippen LogP contribution >= 0.6 is 11.8 Å². The fourth-order valence-electron chi connectivity index (χ4n) is 5.76. The lowest BCUT2D eigenvalue weighted by Crippen LogP contribution is -2.59. The molecule has 3 unspecified atom stereocenters. The van der Waals surface area contributed by atoms with Gasteiger partial charge in [-0.15, -0.1) is 24.9 Å². The predicted octanol–water partition coefficient (Wildman–Crippen LogP) is 2.25. The standard InChI is InChI=1S/C24H36N2O5S/c1-7-9-11-31-23(30)18-17-12-15(5)24(32-17)19(18)21(28)26(16(6)13-27)20(24)22(29)25(10-8-2)14(3)4/h7-8,14-20,27H,1-2,9-13H2,3-6H3/t15?,16-,17+,18-,19+,20?,24?/m1/s1. The van der Waals surface area contributed by atoms with E-state index in [-0.39, 0.29) is 48.2 Å². The maximum absolute atomic E-state index is 14.0. The fourth-order valence-corrected chi connectivity index (χ4v) is 8.15. The number of rotatable bonds is 10. The van der Waals surface area contributed by atoms with Crippen LogP contribution in [-0.2, 0) is 19.1 Å². The van der Waals surface area contributed by atoms with E-state index >= 15 is 0 Å². The summed E-state index contributed by atoms with van der Waals surface area (Å²) in [6.45, 7) is 15.5. The van der Waals surface area contributed by atoms with Crippen molar-refractivity contribution in [1.29, 1.82) is 0 Å². The number of hydrogen-bond donors (Lipinski definition) is 1. The van der Waals surface area contributed by atoms with Crippen LogP contribution in [0.3, 0.4) is 0 Å². The third kappa shape index (κ3) is 3.69. The number of thioether (sulfide) groups is 1. The highest BCUT2D eigenvalue weighted by atomic mass is 32.2. The topological polar surface area (TPSA) is 87.2 Å². The van der Waals surface area contributed by atoms with Crippen molar-refractivity contribution in [3.63, 3.8) is 0 Å². The Balaban J connectivity index is 2.06. The average molecular weight is 465 g/mol. The number of likely N-dealkylation sites (tertiary alicyclic amines) is 1. The molecule has 2 amide bonds. The molecule has 0 aromatic heterocycles. The maximum atomic E-state index is 14.0. The van der Waals surface area contributed by atoms with Gasteiger partial charge in [0, 0.05) is 17.8 Å². The molecule has 178 valence electrons. The minimum atomic E-state index is -0.736. The molecule has 0 radical (unpaired) electrons. The number of ether oxygens (including phenoxy) is 1. The lowest BCUT2D eigenvalue weighted by Gasteiger charge is -2.42. The monoisotopic (exact) mass is 464 g/mol. The van der Waals surface area contributed by atoms with Crippen molar-refractivity contribution >= 4 is 29.5 Å². The van der Waals surface area contributed by atoms with Gasteiger partial charge >= 0.3 is 5.97 Å². The van der Waals surface area contributed by atoms with Crippen LogP contribution in [0.15, 0.2) is 25.3 Å². The summed E-state index contributed by atoms with van der Waals surface area (Å²) in [5.74, 6) is -1.86. The van der Waals surface area contributed by atoms with Gasteiger partial charge in [-0.3, -0.25) is 14.4 Å². The Morgan fingerprint density at radius 1 is 1.34 bits per heavy atom. The Morgan fingerprint density at radius 2 is 2.03 bits per heavy atom. The first-order chi connectivity index (χ1) is 15.2. The molecule has 0 saturated carbocycles. The van der Waals surface area contributed by atoms with Crippen molar-refractivity contribution in [3.05, 3.63) is 25.3 Å². The van der Waals surface area contributed by atoms with Gasteiger partial charge in [-0.2, -0.15) is 0 Å².